The molecule has 0 fully saturated rings. The molecule has 0 unspecified atom stereocenters. The van der Waals surface area contributed by atoms with Crippen LogP contribution in [0.25, 0.3) is 0 Å². The quantitative estimate of drug-likeness (QED) is 0.685. The van der Waals surface area contributed by atoms with Gasteiger partial charge in [-0.2, -0.15) is 0 Å². The lowest BCUT2D eigenvalue weighted by molar-refractivity contribution is 0.0635. The van der Waals surface area contributed by atoms with Crippen LogP contribution in [0.1, 0.15) is 20.8 Å². The number of ether oxygens (including phenoxy) is 1. The summed E-state index contributed by atoms with van der Waals surface area (Å²) in [6.07, 6.45) is -0.544. The highest BCUT2D eigenvalue weighted by Gasteiger charge is 2.16. The van der Waals surface area contributed by atoms with Crippen LogP contribution in [-0.4, -0.2) is 22.7 Å². The number of primary amides is 2. The molecule has 3 amide bonds. The van der Waals surface area contributed by atoms with E-state index in [1.165, 1.54) is 0 Å². The molecular formula is C11H17ClN4O3. The number of aromatic nitrogens is 1. The second-order valence-corrected chi connectivity index (χ2v) is 4.76. The van der Waals surface area contributed by atoms with E-state index in [1.807, 2.05) is 0 Å². The van der Waals surface area contributed by atoms with Gasteiger partial charge >= 0.3 is 12.1 Å². The molecule has 0 saturated carbocycles. The molecule has 0 spiro atoms. The van der Waals surface area contributed by atoms with E-state index >= 15 is 0 Å². The molecule has 0 aliphatic rings. The Morgan fingerprint density at radius 3 is 2.26 bits per heavy atom. The van der Waals surface area contributed by atoms with Crippen molar-refractivity contribution in [3.8, 4) is 0 Å². The lowest BCUT2D eigenvalue weighted by Crippen LogP contribution is -2.27. The van der Waals surface area contributed by atoms with Gasteiger partial charge in [0.25, 0.3) is 0 Å². The number of hydrogen-bond donors (Lipinski definition) is 3. The van der Waals surface area contributed by atoms with Crippen molar-refractivity contribution in [2.75, 3.05) is 5.32 Å². The van der Waals surface area contributed by atoms with Gasteiger partial charge in [0.05, 0.1) is 0 Å². The zero-order valence-electron chi connectivity index (χ0n) is 10.9. The molecule has 0 aliphatic carbocycles. The van der Waals surface area contributed by atoms with E-state index in [2.05, 4.69) is 21.8 Å². The van der Waals surface area contributed by atoms with Crippen LogP contribution >= 0.6 is 11.6 Å². The van der Waals surface area contributed by atoms with E-state index < -0.39 is 17.7 Å². The first-order valence-electron chi connectivity index (χ1n) is 5.27. The molecule has 1 aromatic heterocycles. The molecule has 0 aliphatic heterocycles. The van der Waals surface area contributed by atoms with Crippen molar-refractivity contribution in [1.82, 2.24) is 4.98 Å². The molecule has 0 radical (unpaired) electrons. The average molecular weight is 289 g/mol. The van der Waals surface area contributed by atoms with Crippen LogP contribution in [0.5, 0.6) is 0 Å². The Bertz CT molecular complexity index is 442. The maximum absolute atomic E-state index is 11.3. The van der Waals surface area contributed by atoms with E-state index in [4.69, 9.17) is 21.1 Å². The second kappa shape index (κ2) is 7.42. The van der Waals surface area contributed by atoms with Crippen LogP contribution < -0.4 is 16.8 Å². The number of rotatable bonds is 1. The number of amides is 3. The molecule has 0 bridgehead atoms. The lowest BCUT2D eigenvalue weighted by Gasteiger charge is -2.19. The number of nitrogens with one attached hydrogen (secondary N) is 1. The van der Waals surface area contributed by atoms with Crippen LogP contribution in [0.2, 0.25) is 5.15 Å². The first-order chi connectivity index (χ1) is 8.60. The minimum atomic E-state index is -0.833. The summed E-state index contributed by atoms with van der Waals surface area (Å²) < 4.78 is 5.05. The largest absolute Gasteiger partial charge is 0.444 e. The molecule has 1 rings (SSSR count). The molecule has 0 saturated heterocycles. The Hall–Kier alpha value is -2.02. The summed E-state index contributed by atoms with van der Waals surface area (Å²) in [7, 11) is 0. The third-order valence-corrected chi connectivity index (χ3v) is 1.55. The van der Waals surface area contributed by atoms with Crippen LogP contribution in [0.4, 0.5) is 15.4 Å². The van der Waals surface area contributed by atoms with Gasteiger partial charge in [-0.3, -0.25) is 5.32 Å². The number of halogens is 1. The molecule has 0 atom stereocenters. The number of nitrogens with zero attached hydrogens (tertiary/aromatic N) is 1. The Morgan fingerprint density at radius 2 is 1.84 bits per heavy atom. The van der Waals surface area contributed by atoms with Crippen molar-refractivity contribution in [3.05, 3.63) is 23.4 Å². The zero-order valence-corrected chi connectivity index (χ0v) is 11.7. The SMILES string of the molecule is CC(C)(C)OC(=O)Nc1cccc(Cl)n1.NC(N)=O. The summed E-state index contributed by atoms with van der Waals surface area (Å²) in [6.45, 7) is 5.37. The number of pyridine rings is 1. The highest BCUT2D eigenvalue weighted by molar-refractivity contribution is 6.29. The van der Waals surface area contributed by atoms with Gasteiger partial charge in [0.15, 0.2) is 0 Å². The molecule has 106 valence electrons. The maximum Gasteiger partial charge on any atom is 0.413 e. The summed E-state index contributed by atoms with van der Waals surface area (Å²) in [5, 5.41) is 2.81. The third kappa shape index (κ3) is 10.8. The van der Waals surface area contributed by atoms with Crippen LogP contribution in [0.15, 0.2) is 18.2 Å². The Balaban J connectivity index is 0.000000711. The zero-order chi connectivity index (χ0) is 15.1. The van der Waals surface area contributed by atoms with Gasteiger partial charge < -0.3 is 16.2 Å². The number of nitrogens with two attached hydrogens (primary N) is 2. The fourth-order valence-corrected chi connectivity index (χ4v) is 1.05. The first kappa shape index (κ1) is 17.0. The number of carbonyl (C=O) groups is 2. The van der Waals surface area contributed by atoms with Crippen LogP contribution in [0.3, 0.4) is 0 Å². The van der Waals surface area contributed by atoms with Gasteiger partial charge in [0.2, 0.25) is 0 Å². The molecule has 5 N–H and O–H groups in total. The van der Waals surface area contributed by atoms with E-state index in [9.17, 15) is 4.79 Å². The predicted molar refractivity (Wildman–Crippen MR) is 72.9 cm³/mol. The van der Waals surface area contributed by atoms with Gasteiger partial charge in [-0.05, 0) is 32.9 Å². The molecule has 1 aromatic rings. The monoisotopic (exact) mass is 288 g/mol. The highest BCUT2D eigenvalue weighted by atomic mass is 35.5. The van der Waals surface area contributed by atoms with E-state index in [0.29, 0.717) is 11.0 Å². The van der Waals surface area contributed by atoms with Gasteiger partial charge in [-0.15, -0.1) is 0 Å². The van der Waals surface area contributed by atoms with Gasteiger partial charge in [0, 0.05) is 0 Å². The Morgan fingerprint density at radius 1 is 1.32 bits per heavy atom. The van der Waals surface area contributed by atoms with Crippen molar-refractivity contribution in [1.29, 1.82) is 0 Å². The Labute approximate surface area is 116 Å². The minimum Gasteiger partial charge on any atom is -0.444 e. The van der Waals surface area contributed by atoms with E-state index in [1.54, 1.807) is 39.0 Å². The molecule has 7 nitrogen and oxygen atoms in total. The molecular weight excluding hydrogens is 272 g/mol. The lowest BCUT2D eigenvalue weighted by atomic mass is 10.2. The second-order valence-electron chi connectivity index (χ2n) is 4.37. The minimum absolute atomic E-state index is 0.323. The summed E-state index contributed by atoms with van der Waals surface area (Å²) in [6, 6.07) is 4.12. The van der Waals surface area contributed by atoms with Crippen molar-refractivity contribution in [2.24, 2.45) is 11.5 Å². The summed E-state index contributed by atoms with van der Waals surface area (Å²) in [4.78, 5) is 24.2. The van der Waals surface area contributed by atoms with Crippen LogP contribution in [-0.2, 0) is 4.74 Å². The van der Waals surface area contributed by atoms with Crippen molar-refractivity contribution >= 4 is 29.5 Å². The van der Waals surface area contributed by atoms with Gasteiger partial charge in [0.1, 0.15) is 16.6 Å². The van der Waals surface area contributed by atoms with Crippen LogP contribution in [0, 0.1) is 0 Å². The molecule has 1 heterocycles. The third-order valence-electron chi connectivity index (χ3n) is 1.34. The smallest absolute Gasteiger partial charge is 0.413 e. The van der Waals surface area contributed by atoms with Gasteiger partial charge in [-0.25, -0.2) is 14.6 Å². The fraction of sp³-hybridized carbons (Fsp3) is 0.364. The van der Waals surface area contributed by atoms with Crippen molar-refractivity contribution in [2.45, 2.75) is 26.4 Å². The van der Waals surface area contributed by atoms with Gasteiger partial charge in [-0.1, -0.05) is 17.7 Å². The normalized spacial score (nSPS) is 9.89. The fourth-order valence-electron chi connectivity index (χ4n) is 0.886. The maximum atomic E-state index is 11.3. The Kier molecular flexibility index (Phi) is 6.63. The number of urea groups is 1. The molecule has 19 heavy (non-hydrogen) atoms. The molecule has 8 heteroatoms. The van der Waals surface area contributed by atoms with E-state index in [-0.39, 0.29) is 0 Å². The summed E-state index contributed by atoms with van der Waals surface area (Å²) in [5.74, 6) is 0.372. The predicted octanol–water partition coefficient (Wildman–Crippen LogP) is 2.11. The highest BCUT2D eigenvalue weighted by Crippen LogP contribution is 2.12. The number of hydrogen-bond acceptors (Lipinski definition) is 4. The standard InChI is InChI=1S/C10H13ClN2O2.CH4N2O/c1-10(2,3)15-9(14)13-8-6-4-5-7(11)12-8;2-1(3)4/h4-6H,1-3H3,(H,12,13,14);(H4,2,3,4). The molecule has 0 aromatic carbocycles. The van der Waals surface area contributed by atoms with Crippen molar-refractivity contribution in [3.63, 3.8) is 0 Å². The first-order valence-corrected chi connectivity index (χ1v) is 5.65. The summed E-state index contributed by atoms with van der Waals surface area (Å²) >= 11 is 5.66. The topological polar surface area (TPSA) is 120 Å². The number of anilines is 1. The van der Waals surface area contributed by atoms with Crippen molar-refractivity contribution < 1.29 is 14.3 Å². The summed E-state index contributed by atoms with van der Waals surface area (Å²) in [5.41, 5.74) is 7.97. The van der Waals surface area contributed by atoms with E-state index in [0.717, 1.165) is 0 Å². The number of carbonyl (C=O) groups excluding carboxylic acids is 2. The average Bonchev–Trinajstić information content (AvgIpc) is 2.12.